The standard InChI is InChI=1S/C19H22Br2/c1-2-16-8-10-18(11-9-16)13-19(14-20,15-21)12-17-6-4-3-5-7-17/h3-11H,2,12-15H2,1H3. The molecule has 0 amide bonds. The van der Waals surface area contributed by atoms with E-state index in [2.05, 4.69) is 93.4 Å². The first kappa shape index (κ1) is 16.8. The van der Waals surface area contributed by atoms with Gasteiger partial charge in [-0.1, -0.05) is 93.4 Å². The second kappa shape index (κ2) is 8.14. The van der Waals surface area contributed by atoms with E-state index in [9.17, 15) is 0 Å². The van der Waals surface area contributed by atoms with E-state index in [-0.39, 0.29) is 5.41 Å². The van der Waals surface area contributed by atoms with E-state index < -0.39 is 0 Å². The van der Waals surface area contributed by atoms with Gasteiger partial charge in [0.1, 0.15) is 0 Å². The number of alkyl halides is 2. The molecule has 0 unspecified atom stereocenters. The Hall–Kier alpha value is -0.600. The first-order chi connectivity index (χ1) is 10.2. The molecule has 2 rings (SSSR count). The molecule has 0 aliphatic heterocycles. The van der Waals surface area contributed by atoms with Crippen molar-refractivity contribution in [3.63, 3.8) is 0 Å². The van der Waals surface area contributed by atoms with Gasteiger partial charge in [0.2, 0.25) is 0 Å². The zero-order valence-electron chi connectivity index (χ0n) is 12.5. The van der Waals surface area contributed by atoms with Crippen molar-refractivity contribution in [1.82, 2.24) is 0 Å². The molecule has 0 aliphatic carbocycles. The molecule has 0 N–H and O–H groups in total. The van der Waals surface area contributed by atoms with Gasteiger partial charge in [-0.2, -0.15) is 0 Å². The Bertz CT molecular complexity index is 527. The van der Waals surface area contributed by atoms with Crippen molar-refractivity contribution in [3.8, 4) is 0 Å². The lowest BCUT2D eigenvalue weighted by Gasteiger charge is -2.30. The van der Waals surface area contributed by atoms with Gasteiger partial charge >= 0.3 is 0 Å². The fourth-order valence-electron chi connectivity index (χ4n) is 2.64. The number of hydrogen-bond acceptors (Lipinski definition) is 0. The van der Waals surface area contributed by atoms with Crippen LogP contribution in [0.5, 0.6) is 0 Å². The van der Waals surface area contributed by atoms with Gasteiger partial charge in [0.05, 0.1) is 0 Å². The minimum atomic E-state index is 0.217. The van der Waals surface area contributed by atoms with Crippen LogP contribution in [0.25, 0.3) is 0 Å². The average molecular weight is 410 g/mol. The summed E-state index contributed by atoms with van der Waals surface area (Å²) < 4.78 is 0. The number of rotatable bonds is 7. The van der Waals surface area contributed by atoms with E-state index in [1.165, 1.54) is 16.7 Å². The van der Waals surface area contributed by atoms with Crippen molar-refractivity contribution in [3.05, 3.63) is 71.3 Å². The van der Waals surface area contributed by atoms with Crippen LogP contribution >= 0.6 is 31.9 Å². The van der Waals surface area contributed by atoms with E-state index in [1.54, 1.807) is 0 Å². The maximum absolute atomic E-state index is 3.75. The van der Waals surface area contributed by atoms with Gasteiger partial charge in [-0.3, -0.25) is 0 Å². The monoisotopic (exact) mass is 408 g/mol. The van der Waals surface area contributed by atoms with Gasteiger partial charge in [-0.05, 0) is 41.4 Å². The highest BCUT2D eigenvalue weighted by molar-refractivity contribution is 9.09. The molecule has 0 radical (unpaired) electrons. The van der Waals surface area contributed by atoms with Crippen LogP contribution < -0.4 is 0 Å². The summed E-state index contributed by atoms with van der Waals surface area (Å²) in [5, 5.41) is 1.99. The summed E-state index contributed by atoms with van der Waals surface area (Å²) in [4.78, 5) is 0. The fraction of sp³-hybridized carbons (Fsp3) is 0.368. The Kier molecular flexibility index (Phi) is 6.50. The molecule has 0 fully saturated rings. The van der Waals surface area contributed by atoms with Crippen LogP contribution in [0.4, 0.5) is 0 Å². The van der Waals surface area contributed by atoms with Gasteiger partial charge in [-0.25, -0.2) is 0 Å². The Balaban J connectivity index is 2.16. The molecule has 0 atom stereocenters. The fourth-order valence-corrected chi connectivity index (χ4v) is 4.36. The van der Waals surface area contributed by atoms with Crippen LogP contribution in [0.2, 0.25) is 0 Å². The summed E-state index contributed by atoms with van der Waals surface area (Å²) in [6.45, 7) is 2.20. The molecule has 0 aliphatic rings. The summed E-state index contributed by atoms with van der Waals surface area (Å²) >= 11 is 7.49. The number of halogens is 2. The predicted molar refractivity (Wildman–Crippen MR) is 99.7 cm³/mol. The highest BCUT2D eigenvalue weighted by Crippen LogP contribution is 2.32. The lowest BCUT2D eigenvalue weighted by Crippen LogP contribution is -2.30. The third-order valence-corrected chi connectivity index (χ3v) is 6.38. The molecule has 0 heterocycles. The summed E-state index contributed by atoms with van der Waals surface area (Å²) in [5.41, 5.74) is 4.45. The zero-order chi connectivity index (χ0) is 15.1. The van der Waals surface area contributed by atoms with E-state index in [4.69, 9.17) is 0 Å². The predicted octanol–water partition coefficient (Wildman–Crippen LogP) is 5.81. The highest BCUT2D eigenvalue weighted by atomic mass is 79.9. The van der Waals surface area contributed by atoms with E-state index in [0.717, 1.165) is 29.9 Å². The first-order valence-corrected chi connectivity index (χ1v) is 9.69. The van der Waals surface area contributed by atoms with Gasteiger partial charge in [0.15, 0.2) is 0 Å². The number of benzene rings is 2. The van der Waals surface area contributed by atoms with Crippen molar-refractivity contribution in [1.29, 1.82) is 0 Å². The van der Waals surface area contributed by atoms with Crippen molar-refractivity contribution < 1.29 is 0 Å². The van der Waals surface area contributed by atoms with Crippen molar-refractivity contribution in [2.75, 3.05) is 10.7 Å². The van der Waals surface area contributed by atoms with Gasteiger partial charge in [0.25, 0.3) is 0 Å². The molecular formula is C19H22Br2. The SMILES string of the molecule is CCc1ccc(CC(CBr)(CBr)Cc2ccccc2)cc1. The smallest absolute Gasteiger partial charge is 0.0102 e. The maximum Gasteiger partial charge on any atom is 0.0102 e. The molecule has 2 aromatic rings. The minimum absolute atomic E-state index is 0.217. The lowest BCUT2D eigenvalue weighted by molar-refractivity contribution is 0.386. The number of aryl methyl sites for hydroxylation is 1. The van der Waals surface area contributed by atoms with Crippen molar-refractivity contribution >= 4 is 31.9 Å². The Morgan fingerprint density at radius 3 is 1.67 bits per heavy atom. The number of hydrogen-bond donors (Lipinski definition) is 0. The van der Waals surface area contributed by atoms with Crippen LogP contribution in [-0.2, 0) is 19.3 Å². The molecule has 0 bridgehead atoms. The summed E-state index contributed by atoms with van der Waals surface area (Å²) in [5.74, 6) is 0. The second-order valence-electron chi connectivity index (χ2n) is 5.78. The molecule has 112 valence electrons. The largest absolute Gasteiger partial charge is 0.0921 e. The van der Waals surface area contributed by atoms with Crippen molar-refractivity contribution in [2.45, 2.75) is 26.2 Å². The van der Waals surface area contributed by atoms with Crippen LogP contribution in [0.3, 0.4) is 0 Å². The van der Waals surface area contributed by atoms with Gasteiger partial charge in [-0.15, -0.1) is 0 Å². The van der Waals surface area contributed by atoms with E-state index in [0.29, 0.717) is 0 Å². The average Bonchev–Trinajstić information content (AvgIpc) is 2.56. The molecule has 2 heteroatoms. The van der Waals surface area contributed by atoms with Crippen LogP contribution in [0.1, 0.15) is 23.6 Å². The Morgan fingerprint density at radius 1 is 0.714 bits per heavy atom. The molecule has 0 nitrogen and oxygen atoms in total. The first-order valence-electron chi connectivity index (χ1n) is 7.45. The quantitative estimate of drug-likeness (QED) is 0.506. The zero-order valence-corrected chi connectivity index (χ0v) is 15.7. The summed E-state index contributed by atoms with van der Waals surface area (Å²) in [7, 11) is 0. The minimum Gasteiger partial charge on any atom is -0.0921 e. The topological polar surface area (TPSA) is 0 Å². The molecule has 21 heavy (non-hydrogen) atoms. The third kappa shape index (κ3) is 4.69. The van der Waals surface area contributed by atoms with Gasteiger partial charge in [0, 0.05) is 10.7 Å². The molecular weight excluding hydrogens is 388 g/mol. The highest BCUT2D eigenvalue weighted by Gasteiger charge is 2.28. The molecule has 0 aromatic heterocycles. The third-order valence-electron chi connectivity index (χ3n) is 4.00. The van der Waals surface area contributed by atoms with E-state index >= 15 is 0 Å². The Morgan fingerprint density at radius 2 is 1.19 bits per heavy atom. The molecule has 0 saturated heterocycles. The maximum atomic E-state index is 3.75. The summed E-state index contributed by atoms with van der Waals surface area (Å²) in [6, 6.07) is 19.8. The Labute approximate surface area is 145 Å². The van der Waals surface area contributed by atoms with Crippen LogP contribution in [0, 0.1) is 5.41 Å². The van der Waals surface area contributed by atoms with Crippen LogP contribution in [0.15, 0.2) is 54.6 Å². The molecule has 0 spiro atoms. The normalized spacial score (nSPS) is 11.6. The summed E-state index contributed by atoms with van der Waals surface area (Å²) in [6.07, 6.45) is 3.27. The van der Waals surface area contributed by atoms with Crippen LogP contribution in [-0.4, -0.2) is 10.7 Å². The lowest BCUT2D eigenvalue weighted by atomic mass is 9.80. The van der Waals surface area contributed by atoms with E-state index in [1.807, 2.05) is 0 Å². The second-order valence-corrected chi connectivity index (χ2v) is 6.90. The molecule has 2 aromatic carbocycles. The van der Waals surface area contributed by atoms with Gasteiger partial charge < -0.3 is 0 Å². The molecule has 0 saturated carbocycles. The van der Waals surface area contributed by atoms with Crippen molar-refractivity contribution in [2.24, 2.45) is 5.41 Å².